The molecule has 0 spiro atoms. The number of methoxy groups -OCH3 is 1. The second-order valence-corrected chi connectivity index (χ2v) is 8.83. The molecule has 6 nitrogen and oxygen atoms in total. The number of pyridine rings is 1. The second-order valence-electron chi connectivity index (χ2n) is 8.83. The second kappa shape index (κ2) is 8.77. The Morgan fingerprint density at radius 1 is 1.12 bits per heavy atom. The van der Waals surface area contributed by atoms with E-state index < -0.39 is 0 Å². The molecule has 1 saturated heterocycles. The van der Waals surface area contributed by atoms with Crippen LogP contribution in [0, 0.1) is 17.8 Å². The molecule has 3 aromatic heterocycles. The maximum atomic E-state index is 5.18. The molecule has 0 saturated carbocycles. The van der Waals surface area contributed by atoms with Gasteiger partial charge in [0.05, 0.1) is 13.3 Å². The van der Waals surface area contributed by atoms with E-state index in [0.29, 0.717) is 23.4 Å². The zero-order chi connectivity index (χ0) is 22.9. The fraction of sp³-hybridized carbons (Fsp3) is 0.250. The molecule has 1 aromatic carbocycles. The number of H-pyrrole nitrogens is 1. The van der Waals surface area contributed by atoms with Gasteiger partial charge in [-0.1, -0.05) is 30.2 Å². The number of rotatable bonds is 3. The van der Waals surface area contributed by atoms with E-state index in [1.54, 1.807) is 25.6 Å². The predicted molar refractivity (Wildman–Crippen MR) is 133 cm³/mol. The predicted octanol–water partition coefficient (Wildman–Crippen LogP) is 4.54. The first-order chi connectivity index (χ1) is 16.8. The van der Waals surface area contributed by atoms with Gasteiger partial charge in [-0.15, -0.1) is 0 Å². The van der Waals surface area contributed by atoms with Gasteiger partial charge in [-0.3, -0.25) is 0 Å². The quantitative estimate of drug-likeness (QED) is 0.451. The van der Waals surface area contributed by atoms with E-state index in [4.69, 9.17) is 9.72 Å². The zero-order valence-electron chi connectivity index (χ0n) is 19.0. The Balaban J connectivity index is 1.34. The first-order valence-electron chi connectivity index (χ1n) is 11.7. The number of allylic oxidation sites excluding steroid dienone is 1. The minimum absolute atomic E-state index is 0.470. The van der Waals surface area contributed by atoms with Crippen molar-refractivity contribution in [1.29, 1.82) is 0 Å². The van der Waals surface area contributed by atoms with Crippen molar-refractivity contribution in [2.24, 2.45) is 5.92 Å². The molecule has 2 atom stereocenters. The summed E-state index contributed by atoms with van der Waals surface area (Å²) in [5.41, 5.74) is 7.97. The van der Waals surface area contributed by atoms with Gasteiger partial charge in [-0.25, -0.2) is 15.0 Å². The number of fused-ring (bicyclic) bond motifs is 2. The van der Waals surface area contributed by atoms with Gasteiger partial charge < -0.3 is 15.0 Å². The van der Waals surface area contributed by atoms with E-state index >= 15 is 0 Å². The third kappa shape index (κ3) is 3.85. The standard InChI is InChI=1S/C28H25N5O/c1-34-26-13-18(10-12-30-26)4-8-22-16-31-28-27(33-22)25(17-32-28)20-6-5-19-7-9-23(24(19)14-20)21-3-2-11-29-15-21/h5-7,9-10,12-14,16-17,21,23,29H,2-3,11,15H2,1H3,(H,31,32). The van der Waals surface area contributed by atoms with Crippen LogP contribution in [0.15, 0.2) is 55.0 Å². The van der Waals surface area contributed by atoms with Crippen molar-refractivity contribution in [3.63, 3.8) is 0 Å². The largest absolute Gasteiger partial charge is 0.481 e. The maximum absolute atomic E-state index is 5.18. The number of ether oxygens (including phenoxy) is 1. The van der Waals surface area contributed by atoms with Gasteiger partial charge in [0, 0.05) is 35.5 Å². The van der Waals surface area contributed by atoms with Crippen molar-refractivity contribution in [2.45, 2.75) is 18.8 Å². The summed E-state index contributed by atoms with van der Waals surface area (Å²) in [7, 11) is 1.59. The molecule has 34 heavy (non-hydrogen) atoms. The molecule has 6 rings (SSSR count). The SMILES string of the molecule is COc1cc(C#Cc2cnc3[nH]cc(-c4ccc5c(c4)C(C4CCCNC4)C=C5)c3n2)ccn1. The molecule has 1 aliphatic carbocycles. The van der Waals surface area contributed by atoms with Crippen molar-refractivity contribution in [1.82, 2.24) is 25.3 Å². The van der Waals surface area contributed by atoms with E-state index in [9.17, 15) is 0 Å². The number of piperidine rings is 1. The minimum atomic E-state index is 0.470. The fourth-order valence-corrected chi connectivity index (χ4v) is 5.00. The van der Waals surface area contributed by atoms with Crippen LogP contribution in [0.5, 0.6) is 5.88 Å². The van der Waals surface area contributed by atoms with Gasteiger partial charge in [0.25, 0.3) is 0 Å². The summed E-state index contributed by atoms with van der Waals surface area (Å²) in [5.74, 6) is 7.92. The van der Waals surface area contributed by atoms with Gasteiger partial charge in [-0.2, -0.15) is 0 Å². The lowest BCUT2D eigenvalue weighted by molar-refractivity contribution is 0.353. The van der Waals surface area contributed by atoms with E-state index in [2.05, 4.69) is 62.5 Å². The van der Waals surface area contributed by atoms with Crippen LogP contribution in [0.3, 0.4) is 0 Å². The first-order valence-corrected chi connectivity index (χ1v) is 11.7. The number of benzene rings is 1. The lowest BCUT2D eigenvalue weighted by atomic mass is 9.82. The molecule has 0 amide bonds. The Morgan fingerprint density at radius 2 is 2.09 bits per heavy atom. The summed E-state index contributed by atoms with van der Waals surface area (Å²) >= 11 is 0. The molecule has 6 heteroatoms. The summed E-state index contributed by atoms with van der Waals surface area (Å²) in [6, 6.07) is 10.4. The molecule has 2 N–H and O–H groups in total. The summed E-state index contributed by atoms with van der Waals surface area (Å²) in [6.45, 7) is 2.22. The van der Waals surface area contributed by atoms with Crippen LogP contribution in [0.25, 0.3) is 28.4 Å². The third-order valence-electron chi connectivity index (χ3n) is 6.74. The van der Waals surface area contributed by atoms with E-state index in [0.717, 1.165) is 40.9 Å². The van der Waals surface area contributed by atoms with E-state index in [1.807, 2.05) is 12.3 Å². The number of aromatic nitrogens is 4. The van der Waals surface area contributed by atoms with E-state index in [-0.39, 0.29) is 0 Å². The topological polar surface area (TPSA) is 75.7 Å². The molecule has 0 bridgehead atoms. The molecule has 4 aromatic rings. The highest BCUT2D eigenvalue weighted by molar-refractivity contribution is 5.91. The van der Waals surface area contributed by atoms with Crippen molar-refractivity contribution < 1.29 is 4.74 Å². The Labute approximate surface area is 198 Å². The Kier molecular flexibility index (Phi) is 5.32. The summed E-state index contributed by atoms with van der Waals surface area (Å²) < 4.78 is 5.18. The van der Waals surface area contributed by atoms with Crippen molar-refractivity contribution in [2.75, 3.05) is 20.2 Å². The van der Waals surface area contributed by atoms with Crippen molar-refractivity contribution in [3.8, 4) is 28.8 Å². The molecule has 1 fully saturated rings. The van der Waals surface area contributed by atoms with Crippen LogP contribution in [0.2, 0.25) is 0 Å². The van der Waals surface area contributed by atoms with Gasteiger partial charge >= 0.3 is 0 Å². The van der Waals surface area contributed by atoms with Crippen LogP contribution in [0.4, 0.5) is 0 Å². The highest BCUT2D eigenvalue weighted by Crippen LogP contribution is 2.40. The van der Waals surface area contributed by atoms with Crippen LogP contribution in [0.1, 0.15) is 41.1 Å². The summed E-state index contributed by atoms with van der Waals surface area (Å²) in [6.07, 6.45) is 12.6. The van der Waals surface area contributed by atoms with Gasteiger partial charge in [-0.05, 0) is 66.6 Å². The van der Waals surface area contributed by atoms with Crippen LogP contribution < -0.4 is 10.1 Å². The van der Waals surface area contributed by atoms with Crippen LogP contribution in [-0.4, -0.2) is 40.1 Å². The molecule has 0 radical (unpaired) electrons. The minimum Gasteiger partial charge on any atom is -0.481 e. The summed E-state index contributed by atoms with van der Waals surface area (Å²) in [5, 5.41) is 3.56. The van der Waals surface area contributed by atoms with Crippen LogP contribution in [-0.2, 0) is 0 Å². The van der Waals surface area contributed by atoms with Gasteiger partial charge in [0.15, 0.2) is 5.65 Å². The lowest BCUT2D eigenvalue weighted by Crippen LogP contribution is -2.32. The highest BCUT2D eigenvalue weighted by atomic mass is 16.5. The zero-order valence-corrected chi connectivity index (χ0v) is 19.0. The first kappa shape index (κ1) is 20.6. The maximum Gasteiger partial charge on any atom is 0.214 e. The fourth-order valence-electron chi connectivity index (χ4n) is 5.00. The Hall–Kier alpha value is -3.95. The molecule has 168 valence electrons. The molecule has 2 unspecified atom stereocenters. The van der Waals surface area contributed by atoms with E-state index in [1.165, 1.54) is 24.0 Å². The number of aromatic amines is 1. The Morgan fingerprint density at radius 3 is 2.97 bits per heavy atom. The average Bonchev–Trinajstić information content (AvgIpc) is 3.51. The third-order valence-corrected chi connectivity index (χ3v) is 6.74. The molecule has 2 aliphatic rings. The normalized spacial score (nSPS) is 19.0. The van der Waals surface area contributed by atoms with Crippen molar-refractivity contribution >= 4 is 17.2 Å². The number of hydrogen-bond donors (Lipinski definition) is 2. The number of hydrogen-bond acceptors (Lipinski definition) is 5. The smallest absolute Gasteiger partial charge is 0.214 e. The number of nitrogens with zero attached hydrogens (tertiary/aromatic N) is 3. The van der Waals surface area contributed by atoms with Gasteiger partial charge in [0.2, 0.25) is 5.88 Å². The Bertz CT molecular complexity index is 1450. The number of nitrogens with one attached hydrogen (secondary N) is 2. The molecule has 4 heterocycles. The lowest BCUT2D eigenvalue weighted by Gasteiger charge is -2.28. The highest BCUT2D eigenvalue weighted by Gasteiger charge is 2.27. The van der Waals surface area contributed by atoms with Crippen LogP contribution >= 0.6 is 0 Å². The summed E-state index contributed by atoms with van der Waals surface area (Å²) in [4.78, 5) is 16.8. The monoisotopic (exact) mass is 447 g/mol. The van der Waals surface area contributed by atoms with Gasteiger partial charge in [0.1, 0.15) is 11.2 Å². The molecule has 1 aliphatic heterocycles. The average molecular weight is 448 g/mol. The molecular formula is C28H25N5O. The van der Waals surface area contributed by atoms with Crippen molar-refractivity contribution in [3.05, 3.63) is 77.4 Å². The molecular weight excluding hydrogens is 422 g/mol.